The van der Waals surface area contributed by atoms with Crippen molar-refractivity contribution < 1.29 is 29.0 Å². The summed E-state index contributed by atoms with van der Waals surface area (Å²) in [5, 5.41) is 17.9. The van der Waals surface area contributed by atoms with Crippen molar-refractivity contribution in [2.24, 2.45) is 0 Å². The largest absolute Gasteiger partial charge is 0.480 e. The van der Waals surface area contributed by atoms with Gasteiger partial charge in [-0.2, -0.15) is 0 Å². The first-order valence-electron chi connectivity index (χ1n) is 14.8. The summed E-state index contributed by atoms with van der Waals surface area (Å²) in [4.78, 5) is 52.2. The van der Waals surface area contributed by atoms with E-state index in [1.54, 1.807) is 0 Å². The van der Waals surface area contributed by atoms with Crippen LogP contribution in [-0.4, -0.2) is 47.1 Å². The molecule has 4 aromatic carbocycles. The Balaban J connectivity index is 1.49. The molecule has 0 radical (unpaired) electrons. The molecule has 0 aromatic heterocycles. The van der Waals surface area contributed by atoms with Gasteiger partial charge in [0.1, 0.15) is 24.7 Å². The third-order valence-electron chi connectivity index (χ3n) is 7.20. The van der Waals surface area contributed by atoms with Gasteiger partial charge in [0, 0.05) is 12.8 Å². The standard InChI is InChI=1S/C36H37N3O6/c40-33(37-30(35(42)43)22-21-26-13-5-1-6-14-26)31(23-27-15-7-2-8-16-27)38-34(41)32(24-28-17-9-3-10-18-28)39-36(44)45-25-29-19-11-4-12-20-29/h1-20,30-32H,21-25H2,(H,37,40)(H,38,41)(H,39,44)(H,42,43)/t30-,31-,32-/m0/s1. The van der Waals surface area contributed by atoms with E-state index in [0.29, 0.717) is 6.42 Å². The Morgan fingerprint density at radius 3 is 1.40 bits per heavy atom. The monoisotopic (exact) mass is 607 g/mol. The van der Waals surface area contributed by atoms with Gasteiger partial charge in [-0.05, 0) is 35.1 Å². The van der Waals surface area contributed by atoms with Crippen LogP contribution in [0.3, 0.4) is 0 Å². The number of carbonyl (C=O) groups is 4. The first-order chi connectivity index (χ1) is 21.9. The normalized spacial score (nSPS) is 12.6. The summed E-state index contributed by atoms with van der Waals surface area (Å²) < 4.78 is 5.36. The number of hydrogen-bond donors (Lipinski definition) is 4. The molecule has 3 amide bonds. The fourth-order valence-electron chi connectivity index (χ4n) is 4.78. The second-order valence-electron chi connectivity index (χ2n) is 10.6. The van der Waals surface area contributed by atoms with Crippen molar-refractivity contribution in [3.8, 4) is 0 Å². The van der Waals surface area contributed by atoms with Crippen LogP contribution in [0.5, 0.6) is 0 Å². The van der Waals surface area contributed by atoms with Crippen LogP contribution in [0.25, 0.3) is 0 Å². The Morgan fingerprint density at radius 1 is 0.533 bits per heavy atom. The van der Waals surface area contributed by atoms with E-state index in [0.717, 1.165) is 22.3 Å². The molecule has 0 aliphatic rings. The minimum absolute atomic E-state index is 0.0188. The fourth-order valence-corrected chi connectivity index (χ4v) is 4.78. The lowest BCUT2D eigenvalue weighted by Crippen LogP contribution is -2.57. The lowest BCUT2D eigenvalue weighted by Gasteiger charge is -2.25. The second kappa shape index (κ2) is 17.0. The molecule has 0 bridgehead atoms. The minimum atomic E-state index is -1.17. The Labute approximate surface area is 262 Å². The number of aliphatic carboxylic acids is 1. The highest BCUT2D eigenvalue weighted by molar-refractivity contribution is 5.93. The smallest absolute Gasteiger partial charge is 0.408 e. The number of carboxylic acids is 1. The summed E-state index contributed by atoms with van der Waals surface area (Å²) >= 11 is 0. The molecule has 9 nitrogen and oxygen atoms in total. The van der Waals surface area contributed by atoms with Gasteiger partial charge >= 0.3 is 12.1 Å². The molecular formula is C36H37N3O6. The molecule has 45 heavy (non-hydrogen) atoms. The van der Waals surface area contributed by atoms with Gasteiger partial charge in [-0.3, -0.25) is 9.59 Å². The summed E-state index contributed by atoms with van der Waals surface area (Å²) in [5.74, 6) is -2.42. The molecule has 0 aliphatic heterocycles. The quantitative estimate of drug-likeness (QED) is 0.158. The number of benzene rings is 4. The zero-order chi connectivity index (χ0) is 31.9. The molecule has 3 atom stereocenters. The van der Waals surface area contributed by atoms with Gasteiger partial charge in [0.15, 0.2) is 0 Å². The van der Waals surface area contributed by atoms with Crippen LogP contribution < -0.4 is 16.0 Å². The average Bonchev–Trinajstić information content (AvgIpc) is 3.06. The third-order valence-corrected chi connectivity index (χ3v) is 7.20. The minimum Gasteiger partial charge on any atom is -0.480 e. The number of alkyl carbamates (subject to hydrolysis) is 1. The molecule has 0 saturated carbocycles. The molecule has 0 aliphatic carbocycles. The third kappa shape index (κ3) is 11.0. The van der Waals surface area contributed by atoms with Gasteiger partial charge in [-0.1, -0.05) is 121 Å². The van der Waals surface area contributed by atoms with Crippen LogP contribution in [0, 0.1) is 0 Å². The van der Waals surface area contributed by atoms with Crippen molar-refractivity contribution in [1.29, 1.82) is 0 Å². The summed E-state index contributed by atoms with van der Waals surface area (Å²) in [6, 6.07) is 33.4. The highest BCUT2D eigenvalue weighted by atomic mass is 16.5. The highest BCUT2D eigenvalue weighted by Crippen LogP contribution is 2.10. The first kappa shape index (κ1) is 32.5. The predicted octanol–water partition coefficient (Wildman–Crippen LogP) is 4.45. The topological polar surface area (TPSA) is 134 Å². The van der Waals surface area contributed by atoms with E-state index in [1.165, 1.54) is 0 Å². The summed E-state index contributed by atoms with van der Waals surface area (Å²) in [6.07, 6.45) is 0.0809. The van der Waals surface area contributed by atoms with Crippen LogP contribution in [0.4, 0.5) is 4.79 Å². The number of hydrogen-bond acceptors (Lipinski definition) is 5. The van der Waals surface area contributed by atoms with E-state index in [9.17, 15) is 24.3 Å². The van der Waals surface area contributed by atoms with E-state index in [-0.39, 0.29) is 25.9 Å². The maximum atomic E-state index is 13.7. The van der Waals surface area contributed by atoms with Crippen LogP contribution in [0.1, 0.15) is 28.7 Å². The Hall–Kier alpha value is -5.44. The van der Waals surface area contributed by atoms with Crippen molar-refractivity contribution in [3.63, 3.8) is 0 Å². The fraction of sp³-hybridized carbons (Fsp3) is 0.222. The second-order valence-corrected chi connectivity index (χ2v) is 10.6. The summed E-state index contributed by atoms with van der Waals surface area (Å²) in [7, 11) is 0. The zero-order valence-electron chi connectivity index (χ0n) is 24.8. The molecule has 9 heteroatoms. The molecule has 232 valence electrons. The van der Waals surface area contributed by atoms with Crippen molar-refractivity contribution >= 4 is 23.9 Å². The molecule has 0 heterocycles. The molecular weight excluding hydrogens is 570 g/mol. The van der Waals surface area contributed by atoms with Crippen molar-refractivity contribution in [2.45, 2.75) is 50.4 Å². The maximum absolute atomic E-state index is 13.7. The van der Waals surface area contributed by atoms with Crippen molar-refractivity contribution in [3.05, 3.63) is 144 Å². The van der Waals surface area contributed by atoms with Crippen LogP contribution in [0.2, 0.25) is 0 Å². The number of ether oxygens (including phenoxy) is 1. The van der Waals surface area contributed by atoms with Gasteiger partial charge < -0.3 is 25.8 Å². The Morgan fingerprint density at radius 2 is 0.933 bits per heavy atom. The van der Waals surface area contributed by atoms with Crippen LogP contribution in [0.15, 0.2) is 121 Å². The average molecular weight is 608 g/mol. The zero-order valence-corrected chi connectivity index (χ0v) is 24.8. The van der Waals surface area contributed by atoms with E-state index < -0.39 is 42.0 Å². The van der Waals surface area contributed by atoms with E-state index in [1.807, 2.05) is 121 Å². The summed E-state index contributed by atoms with van der Waals surface area (Å²) in [6.45, 7) is 0.0188. The van der Waals surface area contributed by atoms with Gasteiger partial charge in [0.25, 0.3) is 0 Å². The van der Waals surface area contributed by atoms with Crippen molar-refractivity contribution in [1.82, 2.24) is 16.0 Å². The van der Waals surface area contributed by atoms with Crippen LogP contribution >= 0.6 is 0 Å². The number of rotatable bonds is 15. The number of amides is 3. The van der Waals surface area contributed by atoms with Crippen molar-refractivity contribution in [2.75, 3.05) is 0 Å². The number of carbonyl (C=O) groups excluding carboxylic acids is 3. The predicted molar refractivity (Wildman–Crippen MR) is 170 cm³/mol. The lowest BCUT2D eigenvalue weighted by molar-refractivity contribution is -0.142. The molecule has 4 rings (SSSR count). The van der Waals surface area contributed by atoms with Gasteiger partial charge in [-0.25, -0.2) is 9.59 Å². The van der Waals surface area contributed by atoms with E-state index >= 15 is 0 Å². The molecule has 0 saturated heterocycles. The van der Waals surface area contributed by atoms with Crippen LogP contribution in [-0.2, 0) is 45.0 Å². The number of carboxylic acid groups (broad SMARTS) is 1. The van der Waals surface area contributed by atoms with E-state index in [4.69, 9.17) is 4.74 Å². The molecule has 0 spiro atoms. The number of nitrogens with one attached hydrogen (secondary N) is 3. The Bertz CT molecular complexity index is 1520. The molecule has 4 N–H and O–H groups in total. The van der Waals surface area contributed by atoms with Gasteiger partial charge in [0.2, 0.25) is 11.8 Å². The van der Waals surface area contributed by atoms with E-state index in [2.05, 4.69) is 16.0 Å². The molecule has 0 fully saturated rings. The van der Waals surface area contributed by atoms with Gasteiger partial charge in [0.05, 0.1) is 0 Å². The maximum Gasteiger partial charge on any atom is 0.408 e. The molecule has 0 unspecified atom stereocenters. The lowest BCUT2D eigenvalue weighted by atomic mass is 10.0. The summed E-state index contributed by atoms with van der Waals surface area (Å²) in [5.41, 5.74) is 3.29. The Kier molecular flexibility index (Phi) is 12.3. The SMILES string of the molecule is O=C(N[C@@H](Cc1ccccc1)C(=O)N[C@@H](Cc1ccccc1)C(=O)N[C@@H](CCc1ccccc1)C(=O)O)OCc1ccccc1. The molecule has 4 aromatic rings. The highest BCUT2D eigenvalue weighted by Gasteiger charge is 2.30. The first-order valence-corrected chi connectivity index (χ1v) is 14.8. The number of aryl methyl sites for hydroxylation is 1. The van der Waals surface area contributed by atoms with Gasteiger partial charge in [-0.15, -0.1) is 0 Å².